The van der Waals surface area contributed by atoms with Gasteiger partial charge in [-0.05, 0) is 85.3 Å². The fourth-order valence-corrected chi connectivity index (χ4v) is 7.69. The molecular formula is C36H35Cl2IN2O8S. The lowest BCUT2D eigenvalue weighted by atomic mass is 9.94. The largest absolute Gasteiger partial charge is 0.493 e. The highest BCUT2D eigenvalue weighted by molar-refractivity contribution is 14.1. The summed E-state index contributed by atoms with van der Waals surface area (Å²) < 4.78 is 37.1. The van der Waals surface area contributed by atoms with E-state index in [1.165, 1.54) is 30.1 Å². The Hall–Kier alpha value is -3.56. The van der Waals surface area contributed by atoms with E-state index in [9.17, 15) is 9.59 Å². The zero-order valence-electron chi connectivity index (χ0n) is 28.0. The number of methoxy groups -OCH3 is 2. The average Bonchev–Trinajstić information content (AvgIpc) is 3.38. The van der Waals surface area contributed by atoms with Crippen LogP contribution in [0.2, 0.25) is 10.0 Å². The van der Waals surface area contributed by atoms with Gasteiger partial charge in [0, 0.05) is 28.3 Å². The molecule has 0 fully saturated rings. The van der Waals surface area contributed by atoms with Gasteiger partial charge >= 0.3 is 5.97 Å². The number of hydrogen-bond donors (Lipinski definition) is 0. The predicted molar refractivity (Wildman–Crippen MR) is 202 cm³/mol. The van der Waals surface area contributed by atoms with Gasteiger partial charge in [-0.25, -0.2) is 9.79 Å². The number of ether oxygens (including phenoxy) is 6. The molecule has 5 rings (SSSR count). The van der Waals surface area contributed by atoms with Crippen molar-refractivity contribution in [3.63, 3.8) is 0 Å². The average molecular weight is 854 g/mol. The van der Waals surface area contributed by atoms with Gasteiger partial charge in [0.05, 0.1) is 46.3 Å². The zero-order chi connectivity index (χ0) is 35.9. The molecule has 14 heteroatoms. The molecule has 1 aromatic heterocycles. The second-order valence-corrected chi connectivity index (χ2v) is 13.8. The Balaban J connectivity index is 1.62. The number of carbonyl (C=O) groups is 1. The van der Waals surface area contributed by atoms with Gasteiger partial charge in [0.1, 0.15) is 19.3 Å². The summed E-state index contributed by atoms with van der Waals surface area (Å²) in [7, 11) is 3.06. The fraction of sp³-hybridized carbons (Fsp3) is 0.306. The molecule has 0 saturated heterocycles. The van der Waals surface area contributed by atoms with E-state index in [1.54, 1.807) is 37.3 Å². The van der Waals surface area contributed by atoms with E-state index >= 15 is 0 Å². The van der Waals surface area contributed by atoms with Crippen molar-refractivity contribution in [3.8, 4) is 23.0 Å². The quantitative estimate of drug-likeness (QED) is 0.0783. The standard InChI is InChI=1S/C36H35Cl2IN2O8S/c1-6-46-28-16-21(15-26(39)33(28)49-19-22-11-12-23(37)18-25(22)38)17-29-34(42)41-31(24-9-8-10-27(45-5)32(24)47-7-2)30(20(3)40-36(41)50-29)35(43)48-14-13-44-4/h8-12,15-18,31H,6-7,13-14,19H2,1-5H3/b29-17+/t31-/m0/s1. The van der Waals surface area contributed by atoms with Crippen molar-refractivity contribution in [1.29, 1.82) is 0 Å². The molecule has 0 bridgehead atoms. The van der Waals surface area contributed by atoms with Gasteiger partial charge in [0.15, 0.2) is 27.8 Å². The number of allylic oxidation sites excluding steroid dienone is 1. The molecular weight excluding hydrogens is 818 g/mol. The maximum atomic E-state index is 14.4. The number of benzene rings is 3. The van der Waals surface area contributed by atoms with Crippen LogP contribution in [0.15, 0.2) is 69.6 Å². The molecule has 0 N–H and O–H groups in total. The molecule has 0 radical (unpaired) electrons. The summed E-state index contributed by atoms with van der Waals surface area (Å²) in [5.41, 5.74) is 2.33. The highest BCUT2D eigenvalue weighted by Crippen LogP contribution is 2.41. The molecule has 0 spiro atoms. The maximum absolute atomic E-state index is 14.4. The molecule has 264 valence electrons. The Morgan fingerprint density at radius 1 is 1.00 bits per heavy atom. The van der Waals surface area contributed by atoms with Crippen molar-refractivity contribution < 1.29 is 33.2 Å². The van der Waals surface area contributed by atoms with Gasteiger partial charge < -0.3 is 28.4 Å². The van der Waals surface area contributed by atoms with Crippen LogP contribution in [0.5, 0.6) is 23.0 Å². The second-order valence-electron chi connectivity index (χ2n) is 10.8. The SMILES string of the molecule is CCOc1cc(/C=c2/sc3n(c2=O)[C@@H](c2cccc(OC)c2OCC)C(C(=O)OCCOC)=C(C)N=3)cc(I)c1OCc1ccc(Cl)cc1Cl. The molecule has 0 unspecified atom stereocenters. The number of carbonyl (C=O) groups excluding carboxylic acids is 1. The van der Waals surface area contributed by atoms with Gasteiger partial charge in [-0.2, -0.15) is 0 Å². The van der Waals surface area contributed by atoms with Crippen molar-refractivity contribution in [2.75, 3.05) is 40.6 Å². The van der Waals surface area contributed by atoms with Crippen molar-refractivity contribution >= 4 is 69.2 Å². The van der Waals surface area contributed by atoms with Gasteiger partial charge in [-0.3, -0.25) is 9.36 Å². The van der Waals surface area contributed by atoms with Crippen LogP contribution in [0.25, 0.3) is 6.08 Å². The Morgan fingerprint density at radius 2 is 1.78 bits per heavy atom. The minimum atomic E-state index is -0.908. The van der Waals surface area contributed by atoms with Crippen LogP contribution in [0, 0.1) is 3.57 Å². The lowest BCUT2D eigenvalue weighted by molar-refractivity contribution is -0.140. The van der Waals surface area contributed by atoms with E-state index in [1.807, 2.05) is 38.1 Å². The van der Waals surface area contributed by atoms with Crippen LogP contribution < -0.4 is 33.8 Å². The first-order chi connectivity index (χ1) is 24.1. The molecule has 0 saturated carbocycles. The highest BCUT2D eigenvalue weighted by Gasteiger charge is 2.36. The Bertz CT molecular complexity index is 2110. The summed E-state index contributed by atoms with van der Waals surface area (Å²) >= 11 is 15.8. The van der Waals surface area contributed by atoms with E-state index in [2.05, 4.69) is 22.6 Å². The fourth-order valence-electron chi connectivity index (χ4n) is 5.39. The van der Waals surface area contributed by atoms with E-state index in [4.69, 9.17) is 56.6 Å². The molecule has 3 aromatic carbocycles. The number of fused-ring (bicyclic) bond motifs is 1. The van der Waals surface area contributed by atoms with Gasteiger partial charge in [-0.1, -0.05) is 52.7 Å². The first-order valence-corrected chi connectivity index (χ1v) is 18.3. The summed E-state index contributed by atoms with van der Waals surface area (Å²) in [6, 6.07) is 13.4. The summed E-state index contributed by atoms with van der Waals surface area (Å²) in [4.78, 5) is 33.1. The third kappa shape index (κ3) is 8.15. The van der Waals surface area contributed by atoms with Crippen molar-refractivity contribution in [2.45, 2.75) is 33.4 Å². The van der Waals surface area contributed by atoms with Crippen LogP contribution >= 0.6 is 57.1 Å². The van der Waals surface area contributed by atoms with Gasteiger partial charge in [0.2, 0.25) is 0 Å². The van der Waals surface area contributed by atoms with Gasteiger partial charge in [-0.15, -0.1) is 0 Å². The van der Waals surface area contributed by atoms with Gasteiger partial charge in [0.25, 0.3) is 5.56 Å². The molecule has 0 amide bonds. The van der Waals surface area contributed by atoms with Crippen LogP contribution in [-0.4, -0.2) is 51.2 Å². The lowest BCUT2D eigenvalue weighted by Crippen LogP contribution is -2.40. The van der Waals surface area contributed by atoms with E-state index in [0.717, 1.165) is 9.13 Å². The van der Waals surface area contributed by atoms with Crippen LogP contribution in [0.3, 0.4) is 0 Å². The number of rotatable bonds is 14. The predicted octanol–water partition coefficient (Wildman–Crippen LogP) is 6.72. The zero-order valence-corrected chi connectivity index (χ0v) is 32.5. The molecule has 10 nitrogen and oxygen atoms in total. The molecule has 2 heterocycles. The molecule has 50 heavy (non-hydrogen) atoms. The number of halogens is 3. The van der Waals surface area contributed by atoms with Crippen LogP contribution in [-0.2, 0) is 20.9 Å². The molecule has 1 aliphatic heterocycles. The summed E-state index contributed by atoms with van der Waals surface area (Å²) in [5.74, 6) is 1.33. The number of hydrogen-bond acceptors (Lipinski definition) is 10. The lowest BCUT2D eigenvalue weighted by Gasteiger charge is -2.27. The van der Waals surface area contributed by atoms with Crippen molar-refractivity contribution in [1.82, 2.24) is 4.57 Å². The first kappa shape index (κ1) is 37.7. The first-order valence-electron chi connectivity index (χ1n) is 15.6. The van der Waals surface area contributed by atoms with E-state index < -0.39 is 12.0 Å². The summed E-state index contributed by atoms with van der Waals surface area (Å²) in [6.45, 7) is 6.64. The number of nitrogens with zero attached hydrogens (tertiary/aromatic N) is 2. The molecule has 0 aliphatic carbocycles. The third-order valence-corrected chi connectivity index (χ3v) is 9.96. The minimum absolute atomic E-state index is 0.0347. The second kappa shape index (κ2) is 17.1. The Kier molecular flexibility index (Phi) is 12.9. The normalized spacial score (nSPS) is 14.2. The number of thiazole rings is 1. The molecule has 1 atom stereocenters. The highest BCUT2D eigenvalue weighted by atomic mass is 127. The van der Waals surface area contributed by atoms with E-state index in [-0.39, 0.29) is 31.0 Å². The minimum Gasteiger partial charge on any atom is -0.493 e. The van der Waals surface area contributed by atoms with Crippen molar-refractivity contribution in [3.05, 3.63) is 110 Å². The Labute approximate surface area is 317 Å². The third-order valence-electron chi connectivity index (χ3n) is 7.59. The summed E-state index contributed by atoms with van der Waals surface area (Å²) in [5, 5.41) is 1.04. The van der Waals surface area contributed by atoms with Crippen LogP contribution in [0.4, 0.5) is 0 Å². The summed E-state index contributed by atoms with van der Waals surface area (Å²) in [6.07, 6.45) is 1.77. The van der Waals surface area contributed by atoms with Crippen LogP contribution in [0.1, 0.15) is 43.5 Å². The molecule has 1 aliphatic rings. The topological polar surface area (TPSA) is 107 Å². The number of esters is 1. The Morgan fingerprint density at radius 3 is 2.48 bits per heavy atom. The van der Waals surface area contributed by atoms with Crippen molar-refractivity contribution in [2.24, 2.45) is 4.99 Å². The molecule has 4 aromatic rings. The number of aromatic nitrogens is 1. The monoisotopic (exact) mass is 852 g/mol. The smallest absolute Gasteiger partial charge is 0.338 e. The van der Waals surface area contributed by atoms with E-state index in [0.29, 0.717) is 72.4 Å². The maximum Gasteiger partial charge on any atom is 0.338 e. The number of para-hydroxylation sites is 1.